The number of fused-ring (bicyclic) bond motifs is 4. The van der Waals surface area contributed by atoms with Crippen molar-refractivity contribution in [1.29, 1.82) is 0 Å². The third kappa shape index (κ3) is 2.92. The molecule has 0 aliphatic heterocycles. The van der Waals surface area contributed by atoms with Gasteiger partial charge in [-0.25, -0.2) is 15.0 Å². The molecule has 0 aliphatic rings. The zero-order chi connectivity index (χ0) is 21.7. The van der Waals surface area contributed by atoms with E-state index in [1.807, 2.05) is 73.0 Å². The standard InChI is InChI=1S/C24H16N6OS/c1-15-8-10-16(11-9-15)29-14-25-22-20(24(29)31)21-23(28-19-7-3-2-6-18(19)27-21)30(22)26-13-17-5-4-12-32-17/h2-14H,1H3/b26-13-. The second-order valence-electron chi connectivity index (χ2n) is 7.41. The maximum absolute atomic E-state index is 13.6. The lowest BCUT2D eigenvalue weighted by Gasteiger charge is -2.05. The summed E-state index contributed by atoms with van der Waals surface area (Å²) < 4.78 is 3.14. The van der Waals surface area contributed by atoms with Crippen molar-refractivity contribution in [3.63, 3.8) is 0 Å². The molecule has 0 bridgehead atoms. The predicted molar refractivity (Wildman–Crippen MR) is 128 cm³/mol. The first-order valence-corrected chi connectivity index (χ1v) is 10.9. The Labute approximate surface area is 185 Å². The number of aromatic nitrogens is 5. The molecule has 0 N–H and O–H groups in total. The van der Waals surface area contributed by atoms with Crippen molar-refractivity contribution in [2.75, 3.05) is 0 Å². The van der Waals surface area contributed by atoms with Gasteiger partial charge in [0.25, 0.3) is 5.56 Å². The lowest BCUT2D eigenvalue weighted by Crippen LogP contribution is -2.18. The van der Waals surface area contributed by atoms with Gasteiger partial charge in [0, 0.05) is 4.88 Å². The van der Waals surface area contributed by atoms with E-state index in [0.717, 1.165) is 21.6 Å². The van der Waals surface area contributed by atoms with E-state index in [4.69, 9.17) is 9.97 Å². The monoisotopic (exact) mass is 436 g/mol. The molecule has 4 heterocycles. The highest BCUT2D eigenvalue weighted by Crippen LogP contribution is 2.25. The Morgan fingerprint density at radius 3 is 2.47 bits per heavy atom. The Morgan fingerprint density at radius 1 is 0.938 bits per heavy atom. The number of benzene rings is 2. The van der Waals surface area contributed by atoms with E-state index < -0.39 is 0 Å². The average Bonchev–Trinajstić information content (AvgIpc) is 3.43. The van der Waals surface area contributed by atoms with Crippen molar-refractivity contribution in [2.24, 2.45) is 5.10 Å². The second-order valence-corrected chi connectivity index (χ2v) is 8.39. The topological polar surface area (TPSA) is 78.0 Å². The van der Waals surface area contributed by atoms with Crippen LogP contribution in [0, 0.1) is 6.92 Å². The van der Waals surface area contributed by atoms with Gasteiger partial charge in [-0.2, -0.15) is 9.78 Å². The molecule has 6 aromatic rings. The number of nitrogens with zero attached hydrogens (tertiary/aromatic N) is 6. The van der Waals surface area contributed by atoms with E-state index in [1.54, 1.807) is 22.2 Å². The highest BCUT2D eigenvalue weighted by atomic mass is 32.1. The first kappa shape index (κ1) is 18.6. The van der Waals surface area contributed by atoms with E-state index in [0.29, 0.717) is 27.7 Å². The summed E-state index contributed by atoms with van der Waals surface area (Å²) in [7, 11) is 0. The summed E-state index contributed by atoms with van der Waals surface area (Å²) in [5.74, 6) is 0. The Bertz CT molecular complexity index is 1700. The molecule has 2 aromatic carbocycles. The Balaban J connectivity index is 1.69. The van der Waals surface area contributed by atoms with E-state index >= 15 is 0 Å². The van der Waals surface area contributed by atoms with Crippen molar-refractivity contribution < 1.29 is 0 Å². The molecule has 0 atom stereocenters. The van der Waals surface area contributed by atoms with Gasteiger partial charge in [-0.05, 0) is 42.6 Å². The zero-order valence-electron chi connectivity index (χ0n) is 17.0. The smallest absolute Gasteiger partial charge is 0.268 e. The first-order valence-electron chi connectivity index (χ1n) is 10.0. The molecule has 4 aromatic heterocycles. The molecule has 0 unspecified atom stereocenters. The second kappa shape index (κ2) is 7.21. The largest absolute Gasteiger partial charge is 0.269 e. The molecule has 6 rings (SSSR count). The highest BCUT2D eigenvalue weighted by molar-refractivity contribution is 7.11. The minimum Gasteiger partial charge on any atom is -0.268 e. The average molecular weight is 437 g/mol. The number of para-hydroxylation sites is 2. The molecule has 32 heavy (non-hydrogen) atoms. The van der Waals surface area contributed by atoms with E-state index in [1.165, 1.54) is 10.9 Å². The third-order valence-electron chi connectivity index (χ3n) is 5.30. The van der Waals surface area contributed by atoms with Gasteiger partial charge < -0.3 is 0 Å². The van der Waals surface area contributed by atoms with Crippen LogP contribution in [0.4, 0.5) is 0 Å². The number of thiophene rings is 1. The van der Waals surface area contributed by atoms with Crippen LogP contribution in [0.2, 0.25) is 0 Å². The Morgan fingerprint density at radius 2 is 1.72 bits per heavy atom. The predicted octanol–water partition coefficient (Wildman–Crippen LogP) is 4.54. The summed E-state index contributed by atoms with van der Waals surface area (Å²) >= 11 is 1.58. The SMILES string of the molecule is Cc1ccc(-n2cnc3c(c2=O)c2nc4ccccc4nc2n3/N=C\c2cccs2)cc1. The summed E-state index contributed by atoms with van der Waals surface area (Å²) in [4.78, 5) is 28.7. The highest BCUT2D eigenvalue weighted by Gasteiger charge is 2.20. The molecule has 154 valence electrons. The lowest BCUT2D eigenvalue weighted by atomic mass is 10.2. The molecule has 0 amide bonds. The number of hydrogen-bond donors (Lipinski definition) is 0. The Hall–Kier alpha value is -4.17. The minimum atomic E-state index is -0.210. The van der Waals surface area contributed by atoms with Crippen molar-refractivity contribution in [3.05, 3.63) is 93.2 Å². The third-order valence-corrected chi connectivity index (χ3v) is 6.10. The van der Waals surface area contributed by atoms with Gasteiger partial charge in [0.2, 0.25) is 0 Å². The summed E-state index contributed by atoms with van der Waals surface area (Å²) in [6.45, 7) is 2.01. The maximum Gasteiger partial charge on any atom is 0.269 e. The van der Waals surface area contributed by atoms with Gasteiger partial charge in [0.05, 0.1) is 22.9 Å². The van der Waals surface area contributed by atoms with Crippen LogP contribution in [0.3, 0.4) is 0 Å². The van der Waals surface area contributed by atoms with E-state index in [-0.39, 0.29) is 5.56 Å². The summed E-state index contributed by atoms with van der Waals surface area (Å²) in [6.07, 6.45) is 3.28. The van der Waals surface area contributed by atoms with Gasteiger partial charge in [-0.3, -0.25) is 9.36 Å². The molecular formula is C24H16N6OS. The van der Waals surface area contributed by atoms with Crippen molar-refractivity contribution in [2.45, 2.75) is 6.92 Å². The fourth-order valence-electron chi connectivity index (χ4n) is 3.70. The molecule has 8 heteroatoms. The molecule has 0 aliphatic carbocycles. The molecule has 0 saturated carbocycles. The van der Waals surface area contributed by atoms with Crippen molar-refractivity contribution in [3.8, 4) is 5.69 Å². The van der Waals surface area contributed by atoms with Crippen LogP contribution in [-0.4, -0.2) is 30.4 Å². The van der Waals surface area contributed by atoms with Crippen LogP contribution in [0.15, 0.2) is 82.3 Å². The summed E-state index contributed by atoms with van der Waals surface area (Å²) in [6, 6.07) is 19.3. The quantitative estimate of drug-likeness (QED) is 0.382. The van der Waals surface area contributed by atoms with E-state index in [2.05, 4.69) is 10.1 Å². The zero-order valence-corrected chi connectivity index (χ0v) is 17.8. The summed E-state index contributed by atoms with van der Waals surface area (Å²) in [5.41, 5.74) is 4.51. The van der Waals surface area contributed by atoms with Gasteiger partial charge in [-0.1, -0.05) is 35.9 Å². The van der Waals surface area contributed by atoms with Crippen LogP contribution in [0.25, 0.3) is 38.9 Å². The van der Waals surface area contributed by atoms with Gasteiger partial charge in [-0.15, -0.1) is 11.3 Å². The van der Waals surface area contributed by atoms with Crippen LogP contribution >= 0.6 is 11.3 Å². The van der Waals surface area contributed by atoms with Gasteiger partial charge >= 0.3 is 0 Å². The minimum absolute atomic E-state index is 0.210. The molecule has 0 saturated heterocycles. The molecule has 7 nitrogen and oxygen atoms in total. The lowest BCUT2D eigenvalue weighted by molar-refractivity contribution is 0.906. The molecule has 0 spiro atoms. The van der Waals surface area contributed by atoms with Crippen LogP contribution in [0.1, 0.15) is 10.4 Å². The molecule has 0 fully saturated rings. The maximum atomic E-state index is 13.6. The van der Waals surface area contributed by atoms with Crippen LogP contribution < -0.4 is 5.56 Å². The first-order chi connectivity index (χ1) is 15.7. The van der Waals surface area contributed by atoms with Crippen molar-refractivity contribution >= 4 is 50.8 Å². The summed E-state index contributed by atoms with van der Waals surface area (Å²) in [5, 5.41) is 6.99. The fourth-order valence-corrected chi connectivity index (χ4v) is 4.28. The van der Waals surface area contributed by atoms with Gasteiger partial charge in [0.15, 0.2) is 11.3 Å². The van der Waals surface area contributed by atoms with Crippen molar-refractivity contribution in [1.82, 2.24) is 24.2 Å². The van der Waals surface area contributed by atoms with Crippen LogP contribution in [0.5, 0.6) is 0 Å². The van der Waals surface area contributed by atoms with E-state index in [9.17, 15) is 4.79 Å². The van der Waals surface area contributed by atoms with Gasteiger partial charge in [0.1, 0.15) is 17.2 Å². The normalized spacial score (nSPS) is 11.9. The molecule has 0 radical (unpaired) electrons. The number of aryl methyl sites for hydroxylation is 1. The number of hydrogen-bond acceptors (Lipinski definition) is 6. The Kier molecular flexibility index (Phi) is 4.19. The van der Waals surface area contributed by atoms with Crippen LogP contribution in [-0.2, 0) is 0 Å². The fraction of sp³-hybridized carbons (Fsp3) is 0.0417. The molecular weight excluding hydrogens is 420 g/mol. The number of rotatable bonds is 3.